The predicted octanol–water partition coefficient (Wildman–Crippen LogP) is 2.49. The van der Waals surface area contributed by atoms with E-state index in [1.807, 2.05) is 26.0 Å². The van der Waals surface area contributed by atoms with E-state index in [2.05, 4.69) is 38.7 Å². The van der Waals surface area contributed by atoms with Gasteiger partial charge in [0, 0.05) is 45.0 Å². The van der Waals surface area contributed by atoms with Crippen LogP contribution in [0.25, 0.3) is 0 Å². The average molecular weight is 446 g/mol. The number of aryl methyl sites for hydroxylation is 2. The molecule has 0 saturated carbocycles. The van der Waals surface area contributed by atoms with Gasteiger partial charge in [0.25, 0.3) is 0 Å². The van der Waals surface area contributed by atoms with Crippen LogP contribution in [0.3, 0.4) is 0 Å². The summed E-state index contributed by atoms with van der Waals surface area (Å²) in [4.78, 5) is 18.6. The number of sulfonamides is 1. The first-order valence-electron chi connectivity index (χ1n) is 10.5. The quantitative estimate of drug-likeness (QED) is 0.683. The molecule has 1 aliphatic rings. The van der Waals surface area contributed by atoms with Crippen LogP contribution in [-0.4, -0.2) is 60.6 Å². The van der Waals surface area contributed by atoms with Gasteiger partial charge in [-0.15, -0.1) is 0 Å². The van der Waals surface area contributed by atoms with Crippen molar-refractivity contribution in [1.82, 2.24) is 19.5 Å². The maximum absolute atomic E-state index is 12.2. The lowest BCUT2D eigenvalue weighted by atomic mass is 10.1. The SMILES string of the molecule is CCS(=O)(=O)N1CCN(Cc2cc(C)cc(CNC(=O)Nc3ccc(C)nc3)c2)CC1. The van der Waals surface area contributed by atoms with Crippen LogP contribution < -0.4 is 10.6 Å². The van der Waals surface area contributed by atoms with Crippen molar-refractivity contribution in [2.75, 3.05) is 37.2 Å². The molecule has 1 aromatic heterocycles. The highest BCUT2D eigenvalue weighted by Crippen LogP contribution is 2.15. The van der Waals surface area contributed by atoms with Gasteiger partial charge < -0.3 is 10.6 Å². The molecular weight excluding hydrogens is 414 g/mol. The lowest BCUT2D eigenvalue weighted by molar-refractivity contribution is 0.181. The summed E-state index contributed by atoms with van der Waals surface area (Å²) in [5.74, 6) is 0.148. The number of nitrogens with one attached hydrogen (secondary N) is 2. The first kappa shape index (κ1) is 23.2. The molecule has 1 aliphatic heterocycles. The molecule has 1 saturated heterocycles. The first-order chi connectivity index (χ1) is 14.7. The zero-order valence-electron chi connectivity index (χ0n) is 18.4. The van der Waals surface area contributed by atoms with Crippen LogP contribution in [-0.2, 0) is 23.1 Å². The van der Waals surface area contributed by atoms with Crippen molar-refractivity contribution in [2.45, 2.75) is 33.9 Å². The smallest absolute Gasteiger partial charge is 0.319 e. The topological polar surface area (TPSA) is 94.6 Å². The predicted molar refractivity (Wildman–Crippen MR) is 122 cm³/mol. The van der Waals surface area contributed by atoms with Gasteiger partial charge in [-0.2, -0.15) is 4.31 Å². The van der Waals surface area contributed by atoms with E-state index in [4.69, 9.17) is 0 Å². The Kier molecular flexibility index (Phi) is 7.64. The van der Waals surface area contributed by atoms with Gasteiger partial charge >= 0.3 is 6.03 Å². The molecule has 2 heterocycles. The van der Waals surface area contributed by atoms with Crippen molar-refractivity contribution < 1.29 is 13.2 Å². The van der Waals surface area contributed by atoms with Gasteiger partial charge in [0.05, 0.1) is 17.6 Å². The normalized spacial score (nSPS) is 15.6. The maximum atomic E-state index is 12.2. The number of urea groups is 1. The third-order valence-corrected chi connectivity index (χ3v) is 7.20. The van der Waals surface area contributed by atoms with Gasteiger partial charge in [-0.3, -0.25) is 9.88 Å². The highest BCUT2D eigenvalue weighted by atomic mass is 32.2. The van der Waals surface area contributed by atoms with Crippen LogP contribution in [0.15, 0.2) is 36.5 Å². The van der Waals surface area contributed by atoms with E-state index in [1.165, 1.54) is 0 Å². The lowest BCUT2D eigenvalue weighted by Crippen LogP contribution is -2.48. The number of rotatable bonds is 7. The molecule has 0 spiro atoms. The van der Waals surface area contributed by atoms with Gasteiger partial charge in [0.2, 0.25) is 10.0 Å². The number of piperazine rings is 1. The Morgan fingerprint density at radius 1 is 1.06 bits per heavy atom. The lowest BCUT2D eigenvalue weighted by Gasteiger charge is -2.33. The second-order valence-corrected chi connectivity index (χ2v) is 10.2. The molecule has 0 bridgehead atoms. The summed E-state index contributed by atoms with van der Waals surface area (Å²) in [6.45, 7) is 9.29. The van der Waals surface area contributed by atoms with Gasteiger partial charge in [-0.1, -0.05) is 23.8 Å². The van der Waals surface area contributed by atoms with E-state index in [9.17, 15) is 13.2 Å². The Hall–Kier alpha value is -2.49. The third-order valence-electron chi connectivity index (χ3n) is 5.31. The van der Waals surface area contributed by atoms with Crippen LogP contribution in [0.5, 0.6) is 0 Å². The molecule has 0 atom stereocenters. The molecule has 168 valence electrons. The van der Waals surface area contributed by atoms with Gasteiger partial charge in [0.1, 0.15) is 0 Å². The number of benzene rings is 1. The zero-order chi connectivity index (χ0) is 22.4. The van der Waals surface area contributed by atoms with Gasteiger partial charge in [0.15, 0.2) is 0 Å². The maximum Gasteiger partial charge on any atom is 0.319 e. The van der Waals surface area contributed by atoms with Crippen LogP contribution in [0, 0.1) is 13.8 Å². The molecule has 0 radical (unpaired) electrons. The number of hydrogen-bond donors (Lipinski definition) is 2. The van der Waals surface area contributed by atoms with Gasteiger partial charge in [-0.05, 0) is 44.0 Å². The fourth-order valence-electron chi connectivity index (χ4n) is 3.65. The summed E-state index contributed by atoms with van der Waals surface area (Å²) >= 11 is 0. The highest BCUT2D eigenvalue weighted by Gasteiger charge is 2.25. The molecule has 3 rings (SSSR count). The number of pyridine rings is 1. The van der Waals surface area contributed by atoms with E-state index in [-0.39, 0.29) is 11.8 Å². The number of nitrogens with zero attached hydrogens (tertiary/aromatic N) is 3. The summed E-state index contributed by atoms with van der Waals surface area (Å²) in [7, 11) is -3.11. The zero-order valence-corrected chi connectivity index (χ0v) is 19.2. The molecular formula is C22H31N5O3S. The number of carbonyl (C=O) groups excluding carboxylic acids is 1. The van der Waals surface area contributed by atoms with E-state index < -0.39 is 10.0 Å². The number of carbonyl (C=O) groups is 1. The number of amides is 2. The molecule has 1 fully saturated rings. The number of anilines is 1. The monoisotopic (exact) mass is 445 g/mol. The molecule has 8 nitrogen and oxygen atoms in total. The Morgan fingerprint density at radius 2 is 1.77 bits per heavy atom. The van der Waals surface area contributed by atoms with E-state index in [0.717, 1.165) is 28.9 Å². The van der Waals surface area contributed by atoms with Crippen molar-refractivity contribution in [3.8, 4) is 0 Å². The molecule has 0 unspecified atom stereocenters. The molecule has 2 amide bonds. The molecule has 0 aliphatic carbocycles. The minimum atomic E-state index is -3.11. The fourth-order valence-corrected chi connectivity index (χ4v) is 4.73. The second-order valence-electron chi connectivity index (χ2n) is 7.90. The Morgan fingerprint density at radius 3 is 2.42 bits per heavy atom. The fraction of sp³-hybridized carbons (Fsp3) is 0.455. The van der Waals surface area contributed by atoms with E-state index in [0.29, 0.717) is 38.4 Å². The molecule has 31 heavy (non-hydrogen) atoms. The Balaban J connectivity index is 1.53. The van der Waals surface area contributed by atoms with Crippen molar-refractivity contribution in [1.29, 1.82) is 0 Å². The average Bonchev–Trinajstić information content (AvgIpc) is 2.74. The summed E-state index contributed by atoms with van der Waals surface area (Å²) in [5, 5.41) is 5.67. The van der Waals surface area contributed by atoms with Gasteiger partial charge in [-0.25, -0.2) is 13.2 Å². The Labute approximate surface area is 184 Å². The molecule has 1 aromatic carbocycles. The standard InChI is InChI=1S/C22H31N5O3S/c1-4-31(29,30)27-9-7-26(8-10-27)16-20-12-17(2)11-19(13-20)14-24-22(28)25-21-6-5-18(3)23-15-21/h5-6,11-13,15H,4,7-10,14,16H2,1-3H3,(H2,24,25,28). The summed E-state index contributed by atoms with van der Waals surface area (Å²) in [6.07, 6.45) is 1.63. The van der Waals surface area contributed by atoms with Crippen LogP contribution in [0.1, 0.15) is 29.3 Å². The highest BCUT2D eigenvalue weighted by molar-refractivity contribution is 7.89. The first-order valence-corrected chi connectivity index (χ1v) is 12.1. The summed E-state index contributed by atoms with van der Waals surface area (Å²) in [5.41, 5.74) is 4.86. The molecule has 2 N–H and O–H groups in total. The number of hydrogen-bond acceptors (Lipinski definition) is 5. The van der Waals surface area contributed by atoms with Crippen molar-refractivity contribution >= 4 is 21.7 Å². The van der Waals surface area contributed by atoms with E-state index in [1.54, 1.807) is 17.4 Å². The summed E-state index contributed by atoms with van der Waals surface area (Å²) in [6, 6.07) is 9.68. The minimum Gasteiger partial charge on any atom is -0.334 e. The second kappa shape index (κ2) is 10.2. The van der Waals surface area contributed by atoms with Crippen molar-refractivity contribution in [2.24, 2.45) is 0 Å². The van der Waals surface area contributed by atoms with Crippen LogP contribution >= 0.6 is 0 Å². The Bertz CT molecular complexity index is 1000. The van der Waals surface area contributed by atoms with Crippen molar-refractivity contribution in [3.63, 3.8) is 0 Å². The third kappa shape index (κ3) is 6.75. The largest absolute Gasteiger partial charge is 0.334 e. The van der Waals surface area contributed by atoms with E-state index >= 15 is 0 Å². The molecule has 9 heteroatoms. The molecule has 2 aromatic rings. The van der Waals surface area contributed by atoms with Crippen LogP contribution in [0.4, 0.5) is 10.5 Å². The van der Waals surface area contributed by atoms with Crippen LogP contribution in [0.2, 0.25) is 0 Å². The van der Waals surface area contributed by atoms with Crippen molar-refractivity contribution in [3.05, 3.63) is 58.9 Å². The minimum absolute atomic E-state index is 0.148. The summed E-state index contributed by atoms with van der Waals surface area (Å²) < 4.78 is 25.6. The number of aromatic nitrogens is 1.